The van der Waals surface area contributed by atoms with Crippen molar-refractivity contribution in [2.45, 2.75) is 0 Å². The molecule has 0 saturated heterocycles. The molecule has 1 aliphatic carbocycles. The molecule has 0 amide bonds. The molecule has 8 rings (SSSR count). The Labute approximate surface area is 220 Å². The van der Waals surface area contributed by atoms with Crippen molar-refractivity contribution in [3.63, 3.8) is 0 Å². The molecule has 0 N–H and O–H groups in total. The fourth-order valence-corrected chi connectivity index (χ4v) is 5.83. The summed E-state index contributed by atoms with van der Waals surface area (Å²) in [6.07, 6.45) is 1.89. The van der Waals surface area contributed by atoms with Crippen LogP contribution in [0, 0.1) is 0 Å². The second-order valence-electron chi connectivity index (χ2n) is 9.62. The highest BCUT2D eigenvalue weighted by atomic mass is 14.9. The van der Waals surface area contributed by atoms with E-state index in [2.05, 4.69) is 103 Å². The van der Waals surface area contributed by atoms with Gasteiger partial charge < -0.3 is 0 Å². The van der Waals surface area contributed by atoms with Crippen molar-refractivity contribution in [1.29, 1.82) is 0 Å². The lowest BCUT2D eigenvalue weighted by atomic mass is 9.91. The van der Waals surface area contributed by atoms with E-state index in [9.17, 15) is 0 Å². The van der Waals surface area contributed by atoms with Crippen LogP contribution < -0.4 is 0 Å². The number of nitrogens with zero attached hydrogens (tertiary/aromatic N) is 3. The van der Waals surface area contributed by atoms with Gasteiger partial charge in [-0.1, -0.05) is 109 Å². The second kappa shape index (κ2) is 8.19. The van der Waals surface area contributed by atoms with Crippen molar-refractivity contribution >= 4 is 21.5 Å². The van der Waals surface area contributed by atoms with Crippen LogP contribution in [-0.2, 0) is 0 Å². The molecule has 0 radical (unpaired) electrons. The number of rotatable bonds is 3. The summed E-state index contributed by atoms with van der Waals surface area (Å²) in [5.74, 6) is 0.731. The van der Waals surface area contributed by atoms with Gasteiger partial charge in [-0.05, 0) is 33.9 Å². The molecule has 0 saturated carbocycles. The van der Waals surface area contributed by atoms with Gasteiger partial charge in [0.05, 0.1) is 17.1 Å². The van der Waals surface area contributed by atoms with E-state index in [-0.39, 0.29) is 0 Å². The number of aromatic nitrogens is 3. The minimum absolute atomic E-state index is 0.731. The lowest BCUT2D eigenvalue weighted by Crippen LogP contribution is -1.98. The minimum Gasteiger partial charge on any atom is -0.256 e. The van der Waals surface area contributed by atoms with E-state index in [0.29, 0.717) is 0 Å². The fraction of sp³-hybridized carbons (Fsp3) is 0. The van der Waals surface area contributed by atoms with E-state index in [1.54, 1.807) is 0 Å². The zero-order valence-electron chi connectivity index (χ0n) is 20.5. The average Bonchev–Trinajstić information content (AvgIpc) is 3.34. The van der Waals surface area contributed by atoms with Gasteiger partial charge in [0.2, 0.25) is 0 Å². The van der Waals surface area contributed by atoms with E-state index in [1.165, 1.54) is 27.5 Å². The molecule has 0 unspecified atom stereocenters. The molecule has 176 valence electrons. The van der Waals surface area contributed by atoms with Gasteiger partial charge in [-0.25, -0.2) is 9.97 Å². The van der Waals surface area contributed by atoms with Crippen molar-refractivity contribution in [2.24, 2.45) is 0 Å². The zero-order valence-corrected chi connectivity index (χ0v) is 20.5. The van der Waals surface area contributed by atoms with Crippen LogP contribution in [0.5, 0.6) is 0 Å². The van der Waals surface area contributed by atoms with E-state index in [1.807, 2.05) is 24.4 Å². The van der Waals surface area contributed by atoms with Crippen LogP contribution in [0.15, 0.2) is 128 Å². The SMILES string of the molecule is c1ccc(-c2cc(-c3ccccc3)nc(-c3c4ccccc4c4c5c(cccc35)-c3cccnc3-4)n2)cc1. The Bertz CT molecular complexity index is 1950. The Balaban J connectivity index is 1.51. The Kier molecular flexibility index (Phi) is 4.52. The molecule has 7 aromatic rings. The van der Waals surface area contributed by atoms with Crippen LogP contribution in [0.4, 0.5) is 0 Å². The molecule has 2 heterocycles. The van der Waals surface area contributed by atoms with Crippen LogP contribution in [0.3, 0.4) is 0 Å². The summed E-state index contributed by atoms with van der Waals surface area (Å²) in [5, 5.41) is 4.69. The number of hydrogen-bond donors (Lipinski definition) is 0. The van der Waals surface area contributed by atoms with E-state index in [4.69, 9.17) is 15.0 Å². The predicted molar refractivity (Wildman–Crippen MR) is 156 cm³/mol. The van der Waals surface area contributed by atoms with Crippen molar-refractivity contribution in [1.82, 2.24) is 15.0 Å². The zero-order chi connectivity index (χ0) is 25.1. The lowest BCUT2D eigenvalue weighted by Gasteiger charge is -2.15. The first-order valence-electron chi connectivity index (χ1n) is 12.8. The molecule has 2 aromatic heterocycles. The van der Waals surface area contributed by atoms with E-state index >= 15 is 0 Å². The van der Waals surface area contributed by atoms with Crippen molar-refractivity contribution in [3.05, 3.63) is 128 Å². The highest BCUT2D eigenvalue weighted by Crippen LogP contribution is 2.52. The summed E-state index contributed by atoms with van der Waals surface area (Å²) in [4.78, 5) is 15.2. The molecule has 0 atom stereocenters. The molecule has 5 aromatic carbocycles. The molecule has 1 aliphatic rings. The first kappa shape index (κ1) is 21.0. The topological polar surface area (TPSA) is 38.7 Å². The van der Waals surface area contributed by atoms with Gasteiger partial charge in [0.25, 0.3) is 0 Å². The fourth-order valence-electron chi connectivity index (χ4n) is 5.83. The largest absolute Gasteiger partial charge is 0.256 e. The van der Waals surface area contributed by atoms with Crippen LogP contribution in [0.2, 0.25) is 0 Å². The van der Waals surface area contributed by atoms with Crippen LogP contribution in [0.1, 0.15) is 0 Å². The van der Waals surface area contributed by atoms with Crippen LogP contribution >= 0.6 is 0 Å². The first-order valence-corrected chi connectivity index (χ1v) is 12.8. The first-order chi connectivity index (χ1) is 18.9. The molecular formula is C35H21N3. The van der Waals surface area contributed by atoms with Gasteiger partial charge in [0.15, 0.2) is 5.82 Å². The third-order valence-electron chi connectivity index (χ3n) is 7.47. The van der Waals surface area contributed by atoms with Crippen LogP contribution in [0.25, 0.3) is 77.8 Å². The summed E-state index contributed by atoms with van der Waals surface area (Å²) < 4.78 is 0. The normalized spacial score (nSPS) is 11.7. The molecule has 38 heavy (non-hydrogen) atoms. The minimum atomic E-state index is 0.731. The molecule has 0 fully saturated rings. The summed E-state index contributed by atoms with van der Waals surface area (Å²) in [6.45, 7) is 0. The quantitative estimate of drug-likeness (QED) is 0.236. The maximum Gasteiger partial charge on any atom is 0.161 e. The number of hydrogen-bond acceptors (Lipinski definition) is 3. The van der Waals surface area contributed by atoms with Crippen molar-refractivity contribution in [3.8, 4) is 56.3 Å². The van der Waals surface area contributed by atoms with Gasteiger partial charge >= 0.3 is 0 Å². The number of fused-ring (bicyclic) bond motifs is 5. The van der Waals surface area contributed by atoms with Gasteiger partial charge in [-0.2, -0.15) is 0 Å². The predicted octanol–water partition coefficient (Wildman–Crippen LogP) is 8.83. The Morgan fingerprint density at radius 3 is 1.71 bits per heavy atom. The number of pyridine rings is 1. The molecule has 3 heteroatoms. The molecule has 0 bridgehead atoms. The Morgan fingerprint density at radius 2 is 1.03 bits per heavy atom. The summed E-state index contributed by atoms with van der Waals surface area (Å²) >= 11 is 0. The van der Waals surface area contributed by atoms with Gasteiger partial charge in [-0.3, -0.25) is 4.98 Å². The van der Waals surface area contributed by atoms with E-state index < -0.39 is 0 Å². The molecule has 3 nitrogen and oxygen atoms in total. The number of benzene rings is 5. The van der Waals surface area contributed by atoms with Gasteiger partial charge in [-0.15, -0.1) is 0 Å². The molecule has 0 spiro atoms. The summed E-state index contributed by atoms with van der Waals surface area (Å²) in [6, 6.07) is 42.1. The van der Waals surface area contributed by atoms with Crippen molar-refractivity contribution in [2.75, 3.05) is 0 Å². The molecular weight excluding hydrogens is 462 g/mol. The van der Waals surface area contributed by atoms with Gasteiger partial charge in [0.1, 0.15) is 0 Å². The Hall–Kier alpha value is -5.15. The third-order valence-corrected chi connectivity index (χ3v) is 7.47. The van der Waals surface area contributed by atoms with Crippen LogP contribution in [-0.4, -0.2) is 15.0 Å². The summed E-state index contributed by atoms with van der Waals surface area (Å²) in [7, 11) is 0. The van der Waals surface area contributed by atoms with Crippen molar-refractivity contribution < 1.29 is 0 Å². The highest BCUT2D eigenvalue weighted by molar-refractivity contribution is 6.28. The summed E-state index contributed by atoms with van der Waals surface area (Å²) in [5.41, 5.74) is 9.66. The maximum absolute atomic E-state index is 5.20. The lowest BCUT2D eigenvalue weighted by molar-refractivity contribution is 1.19. The Morgan fingerprint density at radius 1 is 0.447 bits per heavy atom. The van der Waals surface area contributed by atoms with Gasteiger partial charge in [0, 0.05) is 39.4 Å². The smallest absolute Gasteiger partial charge is 0.161 e. The average molecular weight is 484 g/mol. The monoisotopic (exact) mass is 483 g/mol. The van der Waals surface area contributed by atoms with E-state index in [0.717, 1.165) is 50.4 Å². The standard InChI is InChI=1S/C35H21N3/c1-3-11-22(12-4-1)29-21-30(23-13-5-2-6-14-23)38-35(37-29)32-24-15-7-8-16-25(24)33-31-26(17-9-18-28(31)32)27-19-10-20-36-34(27)33/h1-21H. The molecule has 0 aliphatic heterocycles. The highest BCUT2D eigenvalue weighted by Gasteiger charge is 2.28. The maximum atomic E-state index is 5.20. The third kappa shape index (κ3) is 3.06. The second-order valence-corrected chi connectivity index (χ2v) is 9.62.